The first kappa shape index (κ1) is 14.1. The smallest absolute Gasteiger partial charge is 0.506 e. The van der Waals surface area contributed by atoms with Gasteiger partial charge in [0.15, 0.2) is 11.4 Å². The van der Waals surface area contributed by atoms with Crippen molar-refractivity contribution in [2.45, 2.75) is 20.2 Å². The van der Waals surface area contributed by atoms with E-state index in [1.165, 1.54) is 13.8 Å². The number of aryl methyl sites for hydroxylation is 1. The van der Waals surface area contributed by atoms with Crippen LogP contribution in [0, 0.1) is 6.92 Å². The average Bonchev–Trinajstić information content (AvgIpc) is 2.21. The molecule has 0 atom stereocenters. The number of hydrogen-bond acceptors (Lipinski definition) is 5. The minimum atomic E-state index is -5.00. The Balaban J connectivity index is 3.21. The first-order valence-corrected chi connectivity index (χ1v) is 4.88. The van der Waals surface area contributed by atoms with Gasteiger partial charge >= 0.3 is 12.3 Å². The van der Waals surface area contributed by atoms with Crippen molar-refractivity contribution in [2.24, 2.45) is 0 Å². The molecule has 0 unspecified atom stereocenters. The van der Waals surface area contributed by atoms with Crippen LogP contribution in [0.15, 0.2) is 6.07 Å². The molecular formula is C10H10F3NO4. The number of nitrogens with zero attached hydrogens (tertiary/aromatic N) is 1. The molecule has 0 spiro atoms. The second kappa shape index (κ2) is 5.11. The highest BCUT2D eigenvalue weighted by atomic mass is 19.4. The molecule has 0 radical (unpaired) electrons. The third-order valence-electron chi connectivity index (χ3n) is 1.85. The molecule has 1 N–H and O–H groups in total. The summed E-state index contributed by atoms with van der Waals surface area (Å²) in [5.41, 5.74) is -0.642. The van der Waals surface area contributed by atoms with Gasteiger partial charge in [0.25, 0.3) is 0 Å². The Morgan fingerprint density at radius 2 is 2.11 bits per heavy atom. The van der Waals surface area contributed by atoms with Crippen LogP contribution in [-0.2, 0) is 4.74 Å². The van der Waals surface area contributed by atoms with Gasteiger partial charge in [0, 0.05) is 6.07 Å². The number of hydrogen-bond donors (Lipinski definition) is 1. The number of aromatic nitrogens is 1. The summed E-state index contributed by atoms with van der Waals surface area (Å²) in [5, 5.41) is 9.27. The lowest BCUT2D eigenvalue weighted by atomic mass is 10.2. The maximum Gasteiger partial charge on any atom is 0.573 e. The number of carbonyl (C=O) groups is 1. The third-order valence-corrected chi connectivity index (χ3v) is 1.85. The largest absolute Gasteiger partial charge is 0.573 e. The topological polar surface area (TPSA) is 68.7 Å². The fourth-order valence-electron chi connectivity index (χ4n) is 1.13. The Bertz CT molecular complexity index is 459. The predicted molar refractivity (Wildman–Crippen MR) is 53.3 cm³/mol. The standard InChI is InChI=1S/C10H10F3NO4/c1-3-17-9(16)8-7(18-10(11,12)13)4-6(15)5(2)14-8/h4,15H,3H2,1-2H3. The molecule has 0 aromatic carbocycles. The molecule has 0 bridgehead atoms. The lowest BCUT2D eigenvalue weighted by Gasteiger charge is -2.13. The van der Waals surface area contributed by atoms with Gasteiger partial charge in [-0.2, -0.15) is 0 Å². The summed E-state index contributed by atoms with van der Waals surface area (Å²) < 4.78 is 44.5. The van der Waals surface area contributed by atoms with Crippen molar-refractivity contribution >= 4 is 5.97 Å². The number of pyridine rings is 1. The highest BCUT2D eigenvalue weighted by Crippen LogP contribution is 2.30. The second-order valence-electron chi connectivity index (χ2n) is 3.21. The van der Waals surface area contributed by atoms with Crippen molar-refractivity contribution in [3.05, 3.63) is 17.5 Å². The summed E-state index contributed by atoms with van der Waals surface area (Å²) in [4.78, 5) is 14.9. The molecule has 0 aliphatic rings. The van der Waals surface area contributed by atoms with Crippen molar-refractivity contribution in [1.82, 2.24) is 4.98 Å². The third kappa shape index (κ3) is 3.51. The van der Waals surface area contributed by atoms with Crippen LogP contribution in [0.25, 0.3) is 0 Å². The van der Waals surface area contributed by atoms with Gasteiger partial charge in [0.05, 0.1) is 12.3 Å². The molecule has 0 amide bonds. The fourth-order valence-corrected chi connectivity index (χ4v) is 1.13. The van der Waals surface area contributed by atoms with Gasteiger partial charge in [-0.3, -0.25) is 0 Å². The quantitative estimate of drug-likeness (QED) is 0.848. The van der Waals surface area contributed by atoms with E-state index in [0.29, 0.717) is 6.07 Å². The Hall–Kier alpha value is -1.99. The van der Waals surface area contributed by atoms with E-state index in [9.17, 15) is 23.1 Å². The molecule has 1 aromatic heterocycles. The lowest BCUT2D eigenvalue weighted by Crippen LogP contribution is -2.20. The van der Waals surface area contributed by atoms with Crippen LogP contribution in [0.4, 0.5) is 13.2 Å². The maximum absolute atomic E-state index is 12.1. The van der Waals surface area contributed by atoms with E-state index in [1.807, 2.05) is 0 Å². The van der Waals surface area contributed by atoms with Crippen molar-refractivity contribution < 1.29 is 32.5 Å². The number of alkyl halides is 3. The van der Waals surface area contributed by atoms with Gasteiger partial charge in [-0.05, 0) is 13.8 Å². The Labute approximate surface area is 100 Å². The highest BCUT2D eigenvalue weighted by Gasteiger charge is 2.34. The normalized spacial score (nSPS) is 11.2. The zero-order valence-corrected chi connectivity index (χ0v) is 9.54. The van der Waals surface area contributed by atoms with Gasteiger partial charge in [0.1, 0.15) is 5.75 Å². The van der Waals surface area contributed by atoms with Gasteiger partial charge < -0.3 is 14.6 Å². The summed E-state index contributed by atoms with van der Waals surface area (Å²) in [6.45, 7) is 2.80. The molecular weight excluding hydrogens is 255 g/mol. The van der Waals surface area contributed by atoms with Gasteiger partial charge in [-0.25, -0.2) is 9.78 Å². The number of aromatic hydroxyl groups is 1. The van der Waals surface area contributed by atoms with Crippen LogP contribution in [0.5, 0.6) is 11.5 Å². The van der Waals surface area contributed by atoms with Gasteiger partial charge in [-0.1, -0.05) is 0 Å². The number of halogens is 3. The monoisotopic (exact) mass is 265 g/mol. The minimum absolute atomic E-state index is 0.00687. The molecule has 0 fully saturated rings. The summed E-state index contributed by atoms with van der Waals surface area (Å²) >= 11 is 0. The molecule has 0 saturated heterocycles. The van der Waals surface area contributed by atoms with Crippen LogP contribution in [0.3, 0.4) is 0 Å². The SMILES string of the molecule is CCOC(=O)c1nc(C)c(O)cc1OC(F)(F)F. The zero-order chi connectivity index (χ0) is 13.9. The lowest BCUT2D eigenvalue weighted by molar-refractivity contribution is -0.274. The fraction of sp³-hybridized carbons (Fsp3) is 0.400. The molecule has 18 heavy (non-hydrogen) atoms. The summed E-state index contributed by atoms with van der Waals surface area (Å²) in [7, 11) is 0. The molecule has 8 heteroatoms. The van der Waals surface area contributed by atoms with Crippen LogP contribution in [-0.4, -0.2) is 29.0 Å². The summed E-state index contributed by atoms with van der Waals surface area (Å²) in [6, 6.07) is 0.669. The van der Waals surface area contributed by atoms with Crippen molar-refractivity contribution in [1.29, 1.82) is 0 Å². The molecule has 0 aliphatic heterocycles. The number of carbonyl (C=O) groups excluding carboxylic acids is 1. The van der Waals surface area contributed by atoms with E-state index in [-0.39, 0.29) is 12.3 Å². The molecule has 0 aliphatic carbocycles. The van der Waals surface area contributed by atoms with Gasteiger partial charge in [0.2, 0.25) is 0 Å². The molecule has 100 valence electrons. The van der Waals surface area contributed by atoms with Crippen LogP contribution >= 0.6 is 0 Å². The molecule has 5 nitrogen and oxygen atoms in total. The average molecular weight is 265 g/mol. The van der Waals surface area contributed by atoms with Gasteiger partial charge in [-0.15, -0.1) is 13.2 Å². The zero-order valence-electron chi connectivity index (χ0n) is 9.54. The Morgan fingerprint density at radius 3 is 2.61 bits per heavy atom. The van der Waals surface area contributed by atoms with E-state index in [2.05, 4.69) is 14.5 Å². The number of ether oxygens (including phenoxy) is 2. The predicted octanol–water partition coefficient (Wildman–Crippen LogP) is 2.17. The molecule has 1 rings (SSSR count). The van der Waals surface area contributed by atoms with E-state index in [4.69, 9.17) is 0 Å². The van der Waals surface area contributed by atoms with Crippen molar-refractivity contribution in [3.8, 4) is 11.5 Å². The first-order valence-electron chi connectivity index (χ1n) is 4.88. The molecule has 0 saturated carbocycles. The van der Waals surface area contributed by atoms with E-state index in [0.717, 1.165) is 0 Å². The van der Waals surface area contributed by atoms with Crippen LogP contribution < -0.4 is 4.74 Å². The van der Waals surface area contributed by atoms with E-state index in [1.54, 1.807) is 0 Å². The summed E-state index contributed by atoms with van der Waals surface area (Å²) in [6.07, 6.45) is -5.00. The molecule has 1 heterocycles. The van der Waals surface area contributed by atoms with Crippen molar-refractivity contribution in [3.63, 3.8) is 0 Å². The number of rotatable bonds is 3. The van der Waals surface area contributed by atoms with E-state index >= 15 is 0 Å². The maximum atomic E-state index is 12.1. The van der Waals surface area contributed by atoms with Crippen LogP contribution in [0.2, 0.25) is 0 Å². The van der Waals surface area contributed by atoms with Crippen LogP contribution in [0.1, 0.15) is 23.1 Å². The Kier molecular flexibility index (Phi) is 4.00. The van der Waals surface area contributed by atoms with Crippen molar-refractivity contribution in [2.75, 3.05) is 6.61 Å². The minimum Gasteiger partial charge on any atom is -0.506 e. The second-order valence-corrected chi connectivity index (χ2v) is 3.21. The molecule has 1 aromatic rings. The highest BCUT2D eigenvalue weighted by molar-refractivity contribution is 5.90. The Morgan fingerprint density at radius 1 is 1.50 bits per heavy atom. The number of esters is 1. The first-order chi connectivity index (χ1) is 8.24. The van der Waals surface area contributed by atoms with E-state index < -0.39 is 29.5 Å². The summed E-state index contributed by atoms with van der Waals surface area (Å²) in [5.74, 6) is -2.47.